The molecular weight excluding hydrogens is 220 g/mol. The highest BCUT2D eigenvalue weighted by Gasteiger charge is 2.03. The summed E-state index contributed by atoms with van der Waals surface area (Å²) >= 11 is 1.64. The van der Waals surface area contributed by atoms with Crippen molar-refractivity contribution in [2.75, 3.05) is 0 Å². The molecule has 0 radical (unpaired) electrons. The summed E-state index contributed by atoms with van der Waals surface area (Å²) in [6, 6.07) is 3.98. The number of hydrogen-bond donors (Lipinski definition) is 1. The zero-order valence-electron chi connectivity index (χ0n) is 9.29. The van der Waals surface area contributed by atoms with Crippen LogP contribution in [0, 0.1) is 0 Å². The van der Waals surface area contributed by atoms with Gasteiger partial charge in [0, 0.05) is 30.4 Å². The molecule has 16 heavy (non-hydrogen) atoms. The smallest absolute Gasteiger partial charge is 0.0629 e. The molecule has 0 bridgehead atoms. The van der Waals surface area contributed by atoms with E-state index in [0.29, 0.717) is 0 Å². The lowest BCUT2D eigenvalue weighted by molar-refractivity contribution is 0.766. The molecule has 4 nitrogen and oxygen atoms in total. The molecule has 0 spiro atoms. The Balaban J connectivity index is 2.11. The van der Waals surface area contributed by atoms with E-state index in [0.717, 1.165) is 15.5 Å². The minimum absolute atomic E-state index is 0.0163. The quantitative estimate of drug-likeness (QED) is 0.882. The van der Waals surface area contributed by atoms with Gasteiger partial charge in [0.1, 0.15) is 0 Å². The van der Waals surface area contributed by atoms with Crippen LogP contribution in [-0.2, 0) is 7.05 Å². The first-order valence-electron chi connectivity index (χ1n) is 5.03. The number of hydrogen-bond acceptors (Lipinski definition) is 4. The molecule has 5 heteroatoms. The van der Waals surface area contributed by atoms with Crippen LogP contribution in [0.4, 0.5) is 0 Å². The van der Waals surface area contributed by atoms with E-state index in [1.54, 1.807) is 16.4 Å². The van der Waals surface area contributed by atoms with Crippen LogP contribution in [0.1, 0.15) is 18.7 Å². The minimum atomic E-state index is -0.0163. The summed E-state index contributed by atoms with van der Waals surface area (Å²) in [7, 11) is 1.90. The van der Waals surface area contributed by atoms with Crippen LogP contribution in [0.5, 0.6) is 0 Å². The van der Waals surface area contributed by atoms with E-state index in [1.165, 1.54) is 0 Å². The maximum Gasteiger partial charge on any atom is 0.0629 e. The number of nitrogens with two attached hydrogens (primary N) is 1. The van der Waals surface area contributed by atoms with Crippen LogP contribution >= 0.6 is 11.8 Å². The molecule has 0 amide bonds. The van der Waals surface area contributed by atoms with Crippen molar-refractivity contribution < 1.29 is 0 Å². The third-order valence-corrected chi connectivity index (χ3v) is 3.07. The number of aryl methyl sites for hydroxylation is 1. The van der Waals surface area contributed by atoms with Gasteiger partial charge in [-0.25, -0.2) is 0 Å². The van der Waals surface area contributed by atoms with Crippen LogP contribution < -0.4 is 5.73 Å². The summed E-state index contributed by atoms with van der Waals surface area (Å²) in [6.07, 6.45) is 5.66. The first kappa shape index (κ1) is 11.2. The molecule has 0 aliphatic carbocycles. The van der Waals surface area contributed by atoms with Gasteiger partial charge in [-0.3, -0.25) is 9.67 Å². The monoisotopic (exact) mass is 234 g/mol. The van der Waals surface area contributed by atoms with Crippen LogP contribution in [0.2, 0.25) is 0 Å². The van der Waals surface area contributed by atoms with Gasteiger partial charge in [-0.05, 0) is 19.1 Å². The summed E-state index contributed by atoms with van der Waals surface area (Å²) in [5.74, 6) is 0. The van der Waals surface area contributed by atoms with Crippen LogP contribution in [0.3, 0.4) is 0 Å². The second-order valence-electron chi connectivity index (χ2n) is 3.66. The normalized spacial score (nSPS) is 12.7. The first-order chi connectivity index (χ1) is 7.65. The van der Waals surface area contributed by atoms with Crippen molar-refractivity contribution in [3.8, 4) is 0 Å². The van der Waals surface area contributed by atoms with Crippen molar-refractivity contribution >= 4 is 11.8 Å². The summed E-state index contributed by atoms with van der Waals surface area (Å²) in [6.45, 7) is 1.93. The Labute approximate surface area is 98.9 Å². The molecule has 0 aliphatic rings. The molecule has 0 unspecified atom stereocenters. The Morgan fingerprint density at radius 1 is 1.31 bits per heavy atom. The van der Waals surface area contributed by atoms with Crippen molar-refractivity contribution in [2.24, 2.45) is 12.8 Å². The second kappa shape index (κ2) is 4.67. The highest BCUT2D eigenvalue weighted by atomic mass is 32.2. The van der Waals surface area contributed by atoms with Gasteiger partial charge in [0.15, 0.2) is 0 Å². The molecule has 0 fully saturated rings. The Morgan fingerprint density at radius 2 is 2.12 bits per heavy atom. The molecule has 2 N–H and O–H groups in total. The summed E-state index contributed by atoms with van der Waals surface area (Å²) < 4.78 is 1.78. The standard InChI is InChI=1S/C11H14N4S/c1-8(12)11-4-3-9(5-13-11)16-10-6-14-15(2)7-10/h3-8H,12H2,1-2H3/t8-/m1/s1. The average molecular weight is 234 g/mol. The van der Waals surface area contributed by atoms with Gasteiger partial charge in [0.2, 0.25) is 0 Å². The highest BCUT2D eigenvalue weighted by molar-refractivity contribution is 7.99. The molecule has 2 heterocycles. The Bertz CT molecular complexity index is 461. The average Bonchev–Trinajstić information content (AvgIpc) is 2.65. The third-order valence-electron chi connectivity index (χ3n) is 2.14. The molecule has 0 saturated carbocycles. The van der Waals surface area contributed by atoms with E-state index in [9.17, 15) is 0 Å². The Morgan fingerprint density at radius 3 is 2.62 bits per heavy atom. The van der Waals surface area contributed by atoms with Crippen LogP contribution in [0.25, 0.3) is 0 Å². The SMILES string of the molecule is C[C@@H](N)c1ccc(Sc2cnn(C)c2)cn1. The van der Waals surface area contributed by atoms with Crippen LogP contribution in [-0.4, -0.2) is 14.8 Å². The number of aromatic nitrogens is 3. The molecule has 2 aromatic heterocycles. The second-order valence-corrected chi connectivity index (χ2v) is 4.81. The first-order valence-corrected chi connectivity index (χ1v) is 5.85. The minimum Gasteiger partial charge on any atom is -0.323 e. The number of rotatable bonds is 3. The largest absolute Gasteiger partial charge is 0.323 e. The summed E-state index contributed by atoms with van der Waals surface area (Å²) in [5, 5.41) is 4.11. The van der Waals surface area contributed by atoms with Crippen molar-refractivity contribution in [3.63, 3.8) is 0 Å². The molecule has 2 rings (SSSR count). The van der Waals surface area contributed by atoms with E-state index in [-0.39, 0.29) is 6.04 Å². The fourth-order valence-corrected chi connectivity index (χ4v) is 2.13. The van der Waals surface area contributed by atoms with Gasteiger partial charge in [0.05, 0.1) is 16.8 Å². The van der Waals surface area contributed by atoms with E-state index < -0.39 is 0 Å². The van der Waals surface area contributed by atoms with Gasteiger partial charge in [0.25, 0.3) is 0 Å². The predicted molar refractivity (Wildman–Crippen MR) is 64.2 cm³/mol. The fourth-order valence-electron chi connectivity index (χ4n) is 1.31. The number of nitrogens with zero attached hydrogens (tertiary/aromatic N) is 3. The third kappa shape index (κ3) is 2.62. The molecular formula is C11H14N4S. The lowest BCUT2D eigenvalue weighted by Gasteiger charge is -2.04. The van der Waals surface area contributed by atoms with Gasteiger partial charge in [-0.2, -0.15) is 5.10 Å². The van der Waals surface area contributed by atoms with E-state index in [1.807, 2.05) is 44.7 Å². The van der Waals surface area contributed by atoms with Gasteiger partial charge >= 0.3 is 0 Å². The maximum atomic E-state index is 5.74. The maximum absolute atomic E-state index is 5.74. The molecule has 84 valence electrons. The van der Waals surface area contributed by atoms with E-state index in [4.69, 9.17) is 5.73 Å². The predicted octanol–water partition coefficient (Wildman–Crippen LogP) is 1.99. The topological polar surface area (TPSA) is 56.7 Å². The molecule has 0 aromatic carbocycles. The van der Waals surface area contributed by atoms with Crippen molar-refractivity contribution in [2.45, 2.75) is 22.8 Å². The van der Waals surface area contributed by atoms with E-state index >= 15 is 0 Å². The molecule has 0 saturated heterocycles. The van der Waals surface area contributed by atoms with Crippen LogP contribution in [0.15, 0.2) is 40.5 Å². The lowest BCUT2D eigenvalue weighted by atomic mass is 10.2. The lowest BCUT2D eigenvalue weighted by Crippen LogP contribution is -2.06. The molecule has 1 atom stereocenters. The van der Waals surface area contributed by atoms with Gasteiger partial charge < -0.3 is 5.73 Å². The van der Waals surface area contributed by atoms with Gasteiger partial charge in [-0.15, -0.1) is 0 Å². The zero-order valence-corrected chi connectivity index (χ0v) is 10.1. The molecule has 2 aromatic rings. The van der Waals surface area contributed by atoms with E-state index in [2.05, 4.69) is 10.1 Å². The summed E-state index contributed by atoms with van der Waals surface area (Å²) in [4.78, 5) is 6.51. The fraction of sp³-hybridized carbons (Fsp3) is 0.273. The van der Waals surface area contributed by atoms with Gasteiger partial charge in [-0.1, -0.05) is 11.8 Å². The van der Waals surface area contributed by atoms with Crippen molar-refractivity contribution in [1.82, 2.24) is 14.8 Å². The zero-order chi connectivity index (χ0) is 11.5. The van der Waals surface area contributed by atoms with Crippen molar-refractivity contribution in [3.05, 3.63) is 36.4 Å². The van der Waals surface area contributed by atoms with Crippen molar-refractivity contribution in [1.29, 1.82) is 0 Å². The summed E-state index contributed by atoms with van der Waals surface area (Å²) in [5.41, 5.74) is 6.65. The highest BCUT2D eigenvalue weighted by Crippen LogP contribution is 2.26. The molecule has 0 aliphatic heterocycles. The number of pyridine rings is 1. The Hall–Kier alpha value is -1.33. The Kier molecular flexibility index (Phi) is 3.26.